The predicted octanol–water partition coefficient (Wildman–Crippen LogP) is 5.44. The number of hydrogen-bond acceptors (Lipinski definition) is 3. The molecule has 2 aliphatic rings. The summed E-state index contributed by atoms with van der Waals surface area (Å²) in [5, 5.41) is 0.411. The van der Waals surface area contributed by atoms with Crippen molar-refractivity contribution in [2.24, 2.45) is 11.3 Å². The Hall–Kier alpha value is -2.05. The van der Waals surface area contributed by atoms with Crippen LogP contribution in [0.5, 0.6) is 5.75 Å². The molecule has 2 fully saturated rings. The van der Waals surface area contributed by atoms with Crippen LogP contribution in [0.1, 0.15) is 41.6 Å². The highest BCUT2D eigenvalue weighted by atomic mass is 79.9. The second-order valence-electron chi connectivity index (χ2n) is 9.43. The molecule has 176 valence electrons. The summed E-state index contributed by atoms with van der Waals surface area (Å²) in [5.74, 6) is 1.45. The Balaban J connectivity index is 1.21. The molecule has 2 aromatic carbocycles. The van der Waals surface area contributed by atoms with E-state index in [-0.39, 0.29) is 11.8 Å². The van der Waals surface area contributed by atoms with Crippen molar-refractivity contribution in [1.82, 2.24) is 9.80 Å². The van der Waals surface area contributed by atoms with Gasteiger partial charge in [-0.15, -0.1) is 0 Å². The summed E-state index contributed by atoms with van der Waals surface area (Å²) < 4.78 is 6.93. The average molecular weight is 534 g/mol. The number of amides is 2. The Morgan fingerprint density at radius 1 is 1.18 bits per heavy atom. The summed E-state index contributed by atoms with van der Waals surface area (Å²) in [6, 6.07) is 13.2. The Morgan fingerprint density at radius 2 is 1.94 bits per heavy atom. The van der Waals surface area contributed by atoms with E-state index in [4.69, 9.17) is 16.3 Å². The molecule has 1 aliphatic heterocycles. The lowest BCUT2D eigenvalue weighted by Gasteiger charge is -2.33. The molecule has 0 radical (unpaired) electrons. The number of likely N-dealkylation sites (tertiary alicyclic amines) is 1. The topological polar surface area (TPSA) is 49.9 Å². The van der Waals surface area contributed by atoms with E-state index in [1.54, 1.807) is 32.3 Å². The van der Waals surface area contributed by atoms with Gasteiger partial charge in [0.25, 0.3) is 5.91 Å². The van der Waals surface area contributed by atoms with Gasteiger partial charge in [-0.1, -0.05) is 39.7 Å². The van der Waals surface area contributed by atoms with E-state index in [2.05, 4.69) is 15.9 Å². The van der Waals surface area contributed by atoms with Gasteiger partial charge in [-0.3, -0.25) is 9.59 Å². The predicted molar refractivity (Wildman–Crippen MR) is 134 cm³/mol. The normalized spacial score (nSPS) is 18.8. The van der Waals surface area contributed by atoms with Crippen molar-refractivity contribution < 1.29 is 14.3 Å². The summed E-state index contributed by atoms with van der Waals surface area (Å²) in [4.78, 5) is 28.3. The molecule has 1 aliphatic carbocycles. The Morgan fingerprint density at radius 3 is 2.61 bits per heavy atom. The van der Waals surface area contributed by atoms with Crippen molar-refractivity contribution in [1.29, 1.82) is 0 Å². The molecule has 2 amide bonds. The minimum atomic E-state index is -0.118. The summed E-state index contributed by atoms with van der Waals surface area (Å²) in [7, 11) is 3.41. The van der Waals surface area contributed by atoms with Crippen molar-refractivity contribution in [2.45, 2.75) is 32.1 Å². The third-order valence-electron chi connectivity index (χ3n) is 7.03. The summed E-state index contributed by atoms with van der Waals surface area (Å²) in [5.41, 5.74) is 1.92. The molecular weight excluding hydrogens is 504 g/mol. The van der Waals surface area contributed by atoms with Gasteiger partial charge in [-0.2, -0.15) is 0 Å². The van der Waals surface area contributed by atoms with Gasteiger partial charge in [-0.25, -0.2) is 0 Å². The highest BCUT2D eigenvalue weighted by Crippen LogP contribution is 2.60. The zero-order valence-corrected chi connectivity index (χ0v) is 21.5. The molecule has 5 nitrogen and oxygen atoms in total. The van der Waals surface area contributed by atoms with Crippen LogP contribution in [0, 0.1) is 11.3 Å². The molecule has 33 heavy (non-hydrogen) atoms. The van der Waals surface area contributed by atoms with Gasteiger partial charge in [0.05, 0.1) is 23.6 Å². The van der Waals surface area contributed by atoms with Gasteiger partial charge in [0.1, 0.15) is 5.75 Å². The van der Waals surface area contributed by atoms with Crippen LogP contribution in [0.4, 0.5) is 0 Å². The number of benzene rings is 2. The molecule has 1 saturated heterocycles. The van der Waals surface area contributed by atoms with E-state index >= 15 is 0 Å². The number of carbonyl (C=O) groups is 2. The van der Waals surface area contributed by atoms with Gasteiger partial charge >= 0.3 is 0 Å². The quantitative estimate of drug-likeness (QED) is 0.476. The number of halogens is 2. The van der Waals surface area contributed by atoms with Gasteiger partial charge < -0.3 is 14.5 Å². The molecule has 2 aromatic rings. The lowest BCUT2D eigenvalue weighted by atomic mass is 9.90. The molecule has 4 rings (SSSR count). The third kappa shape index (κ3) is 5.72. The van der Waals surface area contributed by atoms with E-state index < -0.39 is 0 Å². The molecule has 1 spiro atoms. The van der Waals surface area contributed by atoms with Crippen molar-refractivity contribution in [3.8, 4) is 5.75 Å². The fourth-order valence-electron chi connectivity index (χ4n) is 4.91. The Kier molecular flexibility index (Phi) is 7.34. The van der Waals surface area contributed by atoms with Crippen LogP contribution in [0.25, 0.3) is 0 Å². The Labute approximate surface area is 209 Å². The van der Waals surface area contributed by atoms with Crippen LogP contribution in [-0.2, 0) is 11.2 Å². The molecule has 0 bridgehead atoms. The van der Waals surface area contributed by atoms with Crippen LogP contribution in [-0.4, -0.2) is 55.4 Å². The van der Waals surface area contributed by atoms with E-state index in [1.807, 2.05) is 29.2 Å². The van der Waals surface area contributed by atoms with E-state index in [0.29, 0.717) is 40.7 Å². The molecule has 0 N–H and O–H groups in total. The number of rotatable bonds is 7. The number of ether oxygens (including phenoxy) is 1. The minimum Gasteiger partial charge on any atom is -0.494 e. The minimum absolute atomic E-state index is 0.118. The van der Waals surface area contributed by atoms with E-state index in [0.717, 1.165) is 42.4 Å². The molecule has 0 aromatic heterocycles. The van der Waals surface area contributed by atoms with Gasteiger partial charge in [0.15, 0.2) is 0 Å². The van der Waals surface area contributed by atoms with Gasteiger partial charge in [0.2, 0.25) is 5.91 Å². The number of carbonyl (C=O) groups excluding carboxylic acids is 2. The maximum Gasteiger partial charge on any atom is 0.254 e. The summed E-state index contributed by atoms with van der Waals surface area (Å²) in [6.07, 6.45) is 4.85. The highest BCUT2D eigenvalue weighted by Gasteiger charge is 2.54. The summed E-state index contributed by atoms with van der Waals surface area (Å²) >= 11 is 9.75. The van der Waals surface area contributed by atoms with Gasteiger partial charge in [-0.05, 0) is 72.9 Å². The lowest BCUT2D eigenvalue weighted by Crippen LogP contribution is -2.40. The Bertz CT molecular complexity index is 1030. The highest BCUT2D eigenvalue weighted by molar-refractivity contribution is 9.10. The SMILES string of the molecule is CN(C)C(=O)c1ccc(OCC[C@@H]2CC23CCN(C(=O)Cc2cccc(Br)c2)CC3)cc1Cl. The average Bonchev–Trinajstić information content (AvgIpc) is 3.44. The molecule has 0 unspecified atom stereocenters. The first kappa shape index (κ1) is 24.1. The third-order valence-corrected chi connectivity index (χ3v) is 7.83. The monoisotopic (exact) mass is 532 g/mol. The van der Waals surface area contributed by atoms with Crippen LogP contribution < -0.4 is 4.74 Å². The fraction of sp³-hybridized carbons (Fsp3) is 0.462. The first-order valence-electron chi connectivity index (χ1n) is 11.4. The smallest absolute Gasteiger partial charge is 0.254 e. The van der Waals surface area contributed by atoms with Crippen molar-refractivity contribution in [3.63, 3.8) is 0 Å². The van der Waals surface area contributed by atoms with E-state index in [9.17, 15) is 9.59 Å². The molecule has 1 atom stereocenters. The second-order valence-corrected chi connectivity index (χ2v) is 10.8. The first-order chi connectivity index (χ1) is 15.8. The van der Waals surface area contributed by atoms with Crippen molar-refractivity contribution in [3.05, 3.63) is 63.1 Å². The van der Waals surface area contributed by atoms with Crippen LogP contribution >= 0.6 is 27.5 Å². The van der Waals surface area contributed by atoms with Crippen molar-refractivity contribution >= 4 is 39.3 Å². The number of piperidine rings is 1. The largest absolute Gasteiger partial charge is 0.494 e. The molecule has 1 saturated carbocycles. The summed E-state index contributed by atoms with van der Waals surface area (Å²) in [6.45, 7) is 2.33. The van der Waals surface area contributed by atoms with Crippen LogP contribution in [0.2, 0.25) is 5.02 Å². The van der Waals surface area contributed by atoms with Crippen LogP contribution in [0.3, 0.4) is 0 Å². The number of nitrogens with zero attached hydrogens (tertiary/aromatic N) is 2. The van der Waals surface area contributed by atoms with Crippen molar-refractivity contribution in [2.75, 3.05) is 33.8 Å². The molecule has 7 heteroatoms. The first-order valence-corrected chi connectivity index (χ1v) is 12.6. The molecular formula is C26H30BrClN2O3. The second kappa shape index (κ2) is 10.1. The maximum atomic E-state index is 12.7. The lowest BCUT2D eigenvalue weighted by molar-refractivity contribution is -0.132. The standard InChI is InChI=1S/C26H30BrClN2O3/c1-29(2)25(32)22-7-6-21(16-23(22)28)33-13-8-19-17-26(19)9-11-30(12-10-26)24(31)15-18-4-3-5-20(27)14-18/h3-7,14,16,19H,8-13,15,17H2,1-2H3/t19-/m1/s1. The zero-order chi connectivity index (χ0) is 23.6. The van der Waals surface area contributed by atoms with Crippen LogP contribution in [0.15, 0.2) is 46.9 Å². The van der Waals surface area contributed by atoms with Gasteiger partial charge in [0, 0.05) is 31.7 Å². The van der Waals surface area contributed by atoms with E-state index in [1.165, 1.54) is 11.3 Å². The molecule has 1 heterocycles. The fourth-order valence-corrected chi connectivity index (χ4v) is 5.60. The number of hydrogen-bond donors (Lipinski definition) is 0. The zero-order valence-electron chi connectivity index (χ0n) is 19.2. The maximum absolute atomic E-state index is 12.7.